The Labute approximate surface area is 188 Å². The largest absolute Gasteiger partial charge is 0.353 e. The predicted octanol–water partition coefficient (Wildman–Crippen LogP) is 5.52. The van der Waals surface area contributed by atoms with Gasteiger partial charge in [0.25, 0.3) is 5.56 Å². The minimum atomic E-state index is -0.694. The fourth-order valence-corrected chi connectivity index (χ4v) is 3.91. The van der Waals surface area contributed by atoms with Crippen molar-refractivity contribution in [1.29, 1.82) is 0 Å². The van der Waals surface area contributed by atoms with Crippen LogP contribution in [-0.4, -0.2) is 20.1 Å². The summed E-state index contributed by atoms with van der Waals surface area (Å²) in [5.74, 6) is -0.462. The molecule has 0 amide bonds. The van der Waals surface area contributed by atoms with Gasteiger partial charge in [-0.25, -0.2) is 8.78 Å². The summed E-state index contributed by atoms with van der Waals surface area (Å²) >= 11 is 1.55. The molecule has 0 spiro atoms. The van der Waals surface area contributed by atoms with Crippen molar-refractivity contribution in [2.45, 2.75) is 20.4 Å². The maximum Gasteiger partial charge on any atom is 0.261 e. The summed E-state index contributed by atoms with van der Waals surface area (Å²) < 4.78 is 34.2. The van der Waals surface area contributed by atoms with Crippen molar-refractivity contribution in [1.82, 2.24) is 14.3 Å². The number of benzene rings is 2. The lowest BCUT2D eigenvalue weighted by Crippen LogP contribution is -2.16. The van der Waals surface area contributed by atoms with Crippen LogP contribution in [0.5, 0.6) is 0 Å². The Kier molecular flexibility index (Phi) is 6.18. The first-order valence-corrected chi connectivity index (χ1v) is 11.2. The van der Waals surface area contributed by atoms with E-state index in [0.717, 1.165) is 28.6 Å². The van der Waals surface area contributed by atoms with E-state index >= 15 is 0 Å². The molecule has 0 aliphatic heterocycles. The first-order chi connectivity index (χ1) is 15.4. The van der Waals surface area contributed by atoms with Gasteiger partial charge in [0.05, 0.1) is 11.1 Å². The number of halogens is 2. The number of pyridine rings is 1. The van der Waals surface area contributed by atoms with Crippen molar-refractivity contribution in [2.24, 2.45) is 7.05 Å². The van der Waals surface area contributed by atoms with Gasteiger partial charge in [-0.05, 0) is 37.3 Å². The zero-order valence-electron chi connectivity index (χ0n) is 17.9. The van der Waals surface area contributed by atoms with E-state index in [1.165, 1.54) is 16.7 Å². The van der Waals surface area contributed by atoms with Crippen LogP contribution >= 0.6 is 11.9 Å². The second kappa shape index (κ2) is 9.04. The fraction of sp³-hybridized carbons (Fsp3) is 0.217. The average molecular weight is 456 g/mol. The highest BCUT2D eigenvalue weighted by Crippen LogP contribution is 2.36. The highest BCUT2D eigenvalue weighted by molar-refractivity contribution is 8.00. The summed E-state index contributed by atoms with van der Waals surface area (Å²) in [7, 11) is 1.69. The lowest BCUT2D eigenvalue weighted by Gasteiger charge is -2.16. The molecule has 166 valence electrons. The van der Waals surface area contributed by atoms with E-state index in [1.54, 1.807) is 36.1 Å². The van der Waals surface area contributed by atoms with Gasteiger partial charge in [-0.15, -0.1) is 0 Å². The summed E-state index contributed by atoms with van der Waals surface area (Å²) in [5, 5.41) is 8.18. The number of fused-ring (bicyclic) bond motifs is 1. The van der Waals surface area contributed by atoms with Crippen molar-refractivity contribution in [3.8, 4) is 11.1 Å². The first-order valence-electron chi connectivity index (χ1n) is 10.2. The second-order valence-electron chi connectivity index (χ2n) is 7.25. The molecule has 0 saturated heterocycles. The Hall–Kier alpha value is -3.33. The third-order valence-electron chi connectivity index (χ3n) is 5.06. The van der Waals surface area contributed by atoms with E-state index in [9.17, 15) is 13.6 Å². The van der Waals surface area contributed by atoms with Gasteiger partial charge in [-0.1, -0.05) is 18.9 Å². The number of nitrogens with one attached hydrogen (secondary N) is 2. The van der Waals surface area contributed by atoms with Crippen LogP contribution in [0.1, 0.15) is 13.8 Å². The van der Waals surface area contributed by atoms with Gasteiger partial charge >= 0.3 is 0 Å². The van der Waals surface area contributed by atoms with Gasteiger partial charge in [-0.3, -0.25) is 9.48 Å². The number of anilines is 3. The fourth-order valence-electron chi connectivity index (χ4n) is 3.47. The molecule has 2 heterocycles. The van der Waals surface area contributed by atoms with E-state index in [-0.39, 0.29) is 11.2 Å². The Bertz CT molecular complexity index is 1350. The summed E-state index contributed by atoms with van der Waals surface area (Å²) in [5.41, 5.74) is 3.50. The zero-order chi connectivity index (χ0) is 22.8. The summed E-state index contributed by atoms with van der Waals surface area (Å²) in [6.07, 6.45) is 3.47. The number of hydrogen-bond acceptors (Lipinski definition) is 5. The van der Waals surface area contributed by atoms with Crippen LogP contribution in [-0.2, 0) is 13.6 Å². The molecule has 0 unspecified atom stereocenters. The number of hydrogen-bond donors (Lipinski definition) is 2. The molecular weight excluding hydrogens is 432 g/mol. The monoisotopic (exact) mass is 455 g/mol. The molecule has 2 aromatic heterocycles. The molecule has 0 atom stereocenters. The summed E-state index contributed by atoms with van der Waals surface area (Å²) in [6.45, 7) is 4.62. The number of rotatable bonds is 7. The van der Waals surface area contributed by atoms with Gasteiger partial charge in [0, 0.05) is 60.3 Å². The minimum absolute atomic E-state index is 0.140. The Morgan fingerprint density at radius 3 is 2.53 bits per heavy atom. The molecule has 0 radical (unpaired) electrons. The average Bonchev–Trinajstić information content (AvgIpc) is 3.22. The van der Waals surface area contributed by atoms with Crippen molar-refractivity contribution in [3.63, 3.8) is 0 Å². The molecule has 0 saturated carbocycles. The van der Waals surface area contributed by atoms with Crippen molar-refractivity contribution in [2.75, 3.05) is 15.8 Å². The molecule has 2 aromatic carbocycles. The van der Waals surface area contributed by atoms with Gasteiger partial charge in [0.1, 0.15) is 17.2 Å². The first kappa shape index (κ1) is 21.9. The van der Waals surface area contributed by atoms with Crippen molar-refractivity contribution >= 4 is 39.9 Å². The van der Waals surface area contributed by atoms with Crippen LogP contribution in [0.15, 0.2) is 53.6 Å². The third kappa shape index (κ3) is 4.20. The summed E-state index contributed by atoms with van der Waals surface area (Å²) in [6, 6.07) is 9.02. The number of nitrogens with zero attached hydrogens (tertiary/aromatic N) is 3. The number of aryl methyl sites for hydroxylation is 2. The van der Waals surface area contributed by atoms with Crippen LogP contribution < -0.4 is 15.6 Å². The maximum atomic E-state index is 14.4. The van der Waals surface area contributed by atoms with Gasteiger partial charge in [0.15, 0.2) is 0 Å². The quantitative estimate of drug-likeness (QED) is 0.359. The predicted molar refractivity (Wildman–Crippen MR) is 127 cm³/mol. The second-order valence-corrected chi connectivity index (χ2v) is 8.32. The van der Waals surface area contributed by atoms with Crippen LogP contribution in [0.25, 0.3) is 22.0 Å². The molecule has 0 aliphatic rings. The molecule has 0 aliphatic carbocycles. The van der Waals surface area contributed by atoms with E-state index in [1.807, 2.05) is 32.0 Å². The molecule has 32 heavy (non-hydrogen) atoms. The van der Waals surface area contributed by atoms with Crippen molar-refractivity contribution in [3.05, 3.63) is 70.8 Å². The maximum absolute atomic E-state index is 14.4. The van der Waals surface area contributed by atoms with Gasteiger partial charge < -0.3 is 14.6 Å². The number of aromatic nitrogens is 3. The molecule has 0 bridgehead atoms. The highest BCUT2D eigenvalue weighted by Gasteiger charge is 2.17. The van der Waals surface area contributed by atoms with Gasteiger partial charge in [0.2, 0.25) is 0 Å². The SMILES string of the molecule is CCSNc1ccc(Nc2ccc(F)cc2F)c(-c2cn(C)c(=O)c3cn(CC)nc23)c1. The van der Waals surface area contributed by atoms with Crippen LogP contribution in [0.2, 0.25) is 0 Å². The standard InChI is InChI=1S/C23H23F2N5OS/c1-4-30-13-18-22(27-30)17(12-29(3)23(18)31)16-11-15(28-32-5-2)7-9-20(16)26-21-8-6-14(24)10-19(21)25/h6-13,26,28H,4-5H2,1-3H3. The van der Waals surface area contributed by atoms with Gasteiger partial charge in [-0.2, -0.15) is 5.10 Å². The molecule has 0 fully saturated rings. The van der Waals surface area contributed by atoms with E-state index < -0.39 is 11.6 Å². The molecule has 9 heteroatoms. The normalized spacial score (nSPS) is 11.2. The Morgan fingerprint density at radius 2 is 1.81 bits per heavy atom. The lowest BCUT2D eigenvalue weighted by atomic mass is 10.0. The Morgan fingerprint density at radius 1 is 1.03 bits per heavy atom. The van der Waals surface area contributed by atoms with E-state index in [4.69, 9.17) is 0 Å². The third-order valence-corrected chi connectivity index (χ3v) is 5.73. The molecule has 4 rings (SSSR count). The van der Waals surface area contributed by atoms with Crippen molar-refractivity contribution < 1.29 is 8.78 Å². The highest BCUT2D eigenvalue weighted by atomic mass is 32.2. The topological polar surface area (TPSA) is 63.9 Å². The van der Waals surface area contributed by atoms with E-state index in [0.29, 0.717) is 23.1 Å². The van der Waals surface area contributed by atoms with E-state index in [2.05, 4.69) is 15.1 Å². The zero-order valence-corrected chi connectivity index (χ0v) is 18.8. The molecule has 4 aromatic rings. The minimum Gasteiger partial charge on any atom is -0.353 e. The van der Waals surface area contributed by atoms with Crippen LogP contribution in [0, 0.1) is 11.6 Å². The van der Waals surface area contributed by atoms with Crippen LogP contribution in [0.4, 0.5) is 25.8 Å². The molecule has 6 nitrogen and oxygen atoms in total. The lowest BCUT2D eigenvalue weighted by molar-refractivity contribution is 0.586. The Balaban J connectivity index is 1.92. The van der Waals surface area contributed by atoms with Crippen LogP contribution in [0.3, 0.4) is 0 Å². The smallest absolute Gasteiger partial charge is 0.261 e. The molecule has 2 N–H and O–H groups in total. The summed E-state index contributed by atoms with van der Waals surface area (Å²) in [4.78, 5) is 12.7. The molecular formula is C23H23F2N5OS.